The van der Waals surface area contributed by atoms with Crippen LogP contribution in [0.1, 0.15) is 12.5 Å². The molecule has 1 N–H and O–H groups in total. The van der Waals surface area contributed by atoms with Gasteiger partial charge in [0.05, 0.1) is 4.47 Å². The van der Waals surface area contributed by atoms with E-state index in [-0.39, 0.29) is 11.1 Å². The van der Waals surface area contributed by atoms with Crippen molar-refractivity contribution in [1.82, 2.24) is 4.90 Å². The Balaban J connectivity index is 2.01. The molecule has 26 heavy (non-hydrogen) atoms. The maximum absolute atomic E-state index is 12.4. The normalized spacial score (nSPS) is 11.6. The third-order valence-electron chi connectivity index (χ3n) is 3.43. The summed E-state index contributed by atoms with van der Waals surface area (Å²) in [6, 6.07) is 12.8. The summed E-state index contributed by atoms with van der Waals surface area (Å²) in [4.78, 5) is 26.5. The Kier molecular flexibility index (Phi) is 7.11. The lowest BCUT2D eigenvalue weighted by molar-refractivity contribution is -0.122. The van der Waals surface area contributed by atoms with Crippen LogP contribution in [-0.4, -0.2) is 36.2 Å². The van der Waals surface area contributed by atoms with Gasteiger partial charge in [-0.1, -0.05) is 12.1 Å². The van der Waals surface area contributed by atoms with Crippen molar-refractivity contribution < 1.29 is 14.3 Å². The average molecular weight is 437 g/mol. The molecule has 2 aromatic carbocycles. The number of benzene rings is 2. The molecule has 2 amide bonds. The highest BCUT2D eigenvalue weighted by Gasteiger charge is 2.17. The van der Waals surface area contributed by atoms with E-state index < -0.39 is 6.10 Å². The summed E-state index contributed by atoms with van der Waals surface area (Å²) in [6.45, 7) is 3.67. The highest BCUT2D eigenvalue weighted by atomic mass is 79.9. The minimum Gasteiger partial charge on any atom is -0.480 e. The highest BCUT2D eigenvalue weighted by Crippen LogP contribution is 2.27. The lowest BCUT2D eigenvalue weighted by Crippen LogP contribution is -2.30. The van der Waals surface area contributed by atoms with Gasteiger partial charge < -0.3 is 15.0 Å². The molecule has 138 valence electrons. The molecule has 0 aliphatic heterocycles. The number of carbonyl (C=O) groups excluding carboxylic acids is 2. The van der Waals surface area contributed by atoms with Gasteiger partial charge in [0.15, 0.2) is 6.10 Å². The number of aryl methyl sites for hydroxylation is 1. The second kappa shape index (κ2) is 9.09. The smallest absolute Gasteiger partial charge is 0.285 e. The molecule has 0 aromatic heterocycles. The quantitative estimate of drug-likeness (QED) is 0.674. The Labute approximate surface area is 166 Å². The maximum atomic E-state index is 12.4. The van der Waals surface area contributed by atoms with Crippen LogP contribution < -0.4 is 10.1 Å². The number of amides is 2. The molecule has 7 heteroatoms. The third-order valence-corrected chi connectivity index (χ3v) is 5.08. The van der Waals surface area contributed by atoms with Crippen LogP contribution in [0.15, 0.2) is 51.8 Å². The van der Waals surface area contributed by atoms with Crippen LogP contribution in [0.4, 0.5) is 10.5 Å². The Morgan fingerprint density at radius 2 is 1.92 bits per heavy atom. The number of hydrogen-bond donors (Lipinski definition) is 1. The zero-order valence-corrected chi connectivity index (χ0v) is 17.5. The van der Waals surface area contributed by atoms with Crippen molar-refractivity contribution in [2.45, 2.75) is 24.8 Å². The fraction of sp³-hybridized carbons (Fsp3) is 0.263. The van der Waals surface area contributed by atoms with Crippen molar-refractivity contribution >= 4 is 44.5 Å². The zero-order valence-electron chi connectivity index (χ0n) is 15.1. The summed E-state index contributed by atoms with van der Waals surface area (Å²) in [6.07, 6.45) is -0.672. The fourth-order valence-corrected chi connectivity index (χ4v) is 3.32. The van der Waals surface area contributed by atoms with Crippen LogP contribution in [0.2, 0.25) is 0 Å². The van der Waals surface area contributed by atoms with Crippen LogP contribution in [0.5, 0.6) is 5.75 Å². The number of anilines is 1. The molecule has 0 heterocycles. The number of rotatable bonds is 5. The molecule has 0 radical (unpaired) electrons. The maximum Gasteiger partial charge on any atom is 0.285 e. The molecule has 1 atom stereocenters. The summed E-state index contributed by atoms with van der Waals surface area (Å²) >= 11 is 4.55. The van der Waals surface area contributed by atoms with Gasteiger partial charge in [-0.15, -0.1) is 0 Å². The molecule has 0 spiro atoms. The average Bonchev–Trinajstić information content (AvgIpc) is 2.57. The van der Waals surface area contributed by atoms with Crippen molar-refractivity contribution in [2.75, 3.05) is 19.4 Å². The van der Waals surface area contributed by atoms with Gasteiger partial charge in [0.1, 0.15) is 5.75 Å². The molecular weight excluding hydrogens is 416 g/mol. The lowest BCUT2D eigenvalue weighted by atomic mass is 10.2. The van der Waals surface area contributed by atoms with Crippen molar-refractivity contribution in [1.29, 1.82) is 0 Å². The van der Waals surface area contributed by atoms with Crippen LogP contribution in [0.3, 0.4) is 0 Å². The highest BCUT2D eigenvalue weighted by molar-refractivity contribution is 9.10. The molecule has 2 rings (SSSR count). The number of thioether (sulfide) groups is 1. The predicted octanol–water partition coefficient (Wildman–Crippen LogP) is 4.94. The summed E-state index contributed by atoms with van der Waals surface area (Å²) in [5, 5.41) is 2.74. The number of hydrogen-bond acceptors (Lipinski definition) is 4. The van der Waals surface area contributed by atoms with Gasteiger partial charge in [-0.2, -0.15) is 0 Å². The molecule has 0 saturated carbocycles. The zero-order chi connectivity index (χ0) is 19.3. The van der Waals surface area contributed by atoms with Gasteiger partial charge in [-0.25, -0.2) is 0 Å². The van der Waals surface area contributed by atoms with E-state index >= 15 is 0 Å². The minimum atomic E-state index is -0.672. The van der Waals surface area contributed by atoms with Crippen LogP contribution in [-0.2, 0) is 4.79 Å². The number of carbonyl (C=O) groups is 2. The van der Waals surface area contributed by atoms with Gasteiger partial charge in [-0.05, 0) is 77.4 Å². The minimum absolute atomic E-state index is 0.0746. The fourth-order valence-electron chi connectivity index (χ4n) is 2.02. The SMILES string of the molecule is Cc1ccc(OC(C)C(=O)Nc2cccc(SC(=O)N(C)C)c2)c(Br)c1. The summed E-state index contributed by atoms with van der Waals surface area (Å²) in [7, 11) is 3.40. The van der Waals surface area contributed by atoms with Crippen molar-refractivity contribution in [2.24, 2.45) is 0 Å². The number of ether oxygens (including phenoxy) is 1. The molecule has 0 aliphatic rings. The van der Waals surface area contributed by atoms with Crippen LogP contribution in [0.25, 0.3) is 0 Å². The molecule has 0 aliphatic carbocycles. The predicted molar refractivity (Wildman–Crippen MR) is 109 cm³/mol. The summed E-state index contributed by atoms with van der Waals surface area (Å²) in [5.41, 5.74) is 1.72. The van der Waals surface area contributed by atoms with E-state index in [2.05, 4.69) is 21.2 Å². The number of halogens is 1. The first kappa shape index (κ1) is 20.3. The van der Waals surface area contributed by atoms with E-state index in [0.29, 0.717) is 11.4 Å². The first-order valence-corrected chi connectivity index (χ1v) is 9.60. The molecule has 5 nitrogen and oxygen atoms in total. The van der Waals surface area contributed by atoms with E-state index in [1.165, 1.54) is 4.90 Å². The van der Waals surface area contributed by atoms with Crippen molar-refractivity contribution in [3.63, 3.8) is 0 Å². The monoisotopic (exact) mass is 436 g/mol. The van der Waals surface area contributed by atoms with E-state index in [9.17, 15) is 9.59 Å². The molecular formula is C19H21BrN2O3S. The second-order valence-corrected chi connectivity index (χ2v) is 7.85. The lowest BCUT2D eigenvalue weighted by Gasteiger charge is -2.16. The summed E-state index contributed by atoms with van der Waals surface area (Å²) < 4.78 is 6.54. The Morgan fingerprint density at radius 1 is 1.19 bits per heavy atom. The topological polar surface area (TPSA) is 58.6 Å². The third kappa shape index (κ3) is 5.78. The van der Waals surface area contributed by atoms with E-state index in [0.717, 1.165) is 26.7 Å². The van der Waals surface area contributed by atoms with Crippen molar-refractivity contribution in [3.05, 3.63) is 52.5 Å². The van der Waals surface area contributed by atoms with E-state index in [4.69, 9.17) is 4.74 Å². The Hall–Kier alpha value is -1.99. The van der Waals surface area contributed by atoms with Gasteiger partial charge in [0, 0.05) is 24.7 Å². The number of nitrogens with one attached hydrogen (secondary N) is 1. The van der Waals surface area contributed by atoms with Gasteiger partial charge in [-0.3, -0.25) is 9.59 Å². The molecule has 0 bridgehead atoms. The first-order chi connectivity index (χ1) is 12.3. The van der Waals surface area contributed by atoms with Crippen LogP contribution in [0, 0.1) is 6.92 Å². The summed E-state index contributed by atoms with van der Waals surface area (Å²) in [5.74, 6) is 0.345. The van der Waals surface area contributed by atoms with Gasteiger partial charge in [0.25, 0.3) is 11.1 Å². The second-order valence-electron chi connectivity index (χ2n) is 5.97. The molecule has 1 unspecified atom stereocenters. The molecule has 0 saturated heterocycles. The standard InChI is InChI=1S/C19H21BrN2O3S/c1-12-8-9-17(16(20)10-12)25-13(2)18(23)21-14-6-5-7-15(11-14)26-19(24)22(3)4/h5-11,13H,1-4H3,(H,21,23). The Bertz CT molecular complexity index is 811. The first-order valence-electron chi connectivity index (χ1n) is 7.99. The number of nitrogens with zero attached hydrogens (tertiary/aromatic N) is 1. The van der Waals surface area contributed by atoms with Gasteiger partial charge >= 0.3 is 0 Å². The van der Waals surface area contributed by atoms with E-state index in [1.807, 2.05) is 31.2 Å². The Morgan fingerprint density at radius 3 is 2.58 bits per heavy atom. The molecule has 2 aromatic rings. The molecule has 0 fully saturated rings. The van der Waals surface area contributed by atoms with E-state index in [1.54, 1.807) is 39.2 Å². The van der Waals surface area contributed by atoms with Gasteiger partial charge in [0.2, 0.25) is 0 Å². The largest absolute Gasteiger partial charge is 0.480 e. The van der Waals surface area contributed by atoms with Crippen molar-refractivity contribution in [3.8, 4) is 5.75 Å². The van der Waals surface area contributed by atoms with Crippen LogP contribution >= 0.6 is 27.7 Å².